The van der Waals surface area contributed by atoms with Crippen LogP contribution in [0.15, 0.2) is 30.6 Å². The fourth-order valence-electron chi connectivity index (χ4n) is 1.90. The van der Waals surface area contributed by atoms with E-state index in [-0.39, 0.29) is 11.8 Å². The highest BCUT2D eigenvalue weighted by Gasteiger charge is 2.24. The van der Waals surface area contributed by atoms with Crippen LogP contribution in [0.5, 0.6) is 0 Å². The van der Waals surface area contributed by atoms with Gasteiger partial charge < -0.3 is 5.11 Å². The molecule has 2 aromatic rings. The van der Waals surface area contributed by atoms with Crippen LogP contribution in [0.1, 0.15) is 25.8 Å². The monoisotopic (exact) mass is 230 g/mol. The van der Waals surface area contributed by atoms with E-state index in [4.69, 9.17) is 5.11 Å². The Morgan fingerprint density at radius 1 is 1.24 bits per heavy atom. The van der Waals surface area contributed by atoms with Crippen LogP contribution in [0, 0.1) is 0 Å². The summed E-state index contributed by atoms with van der Waals surface area (Å²) in [5.41, 5.74) is 0.615. The Hall–Kier alpha value is -1.97. The van der Waals surface area contributed by atoms with Crippen LogP contribution < -0.4 is 0 Å². The van der Waals surface area contributed by atoms with Gasteiger partial charge in [-0.1, -0.05) is 26.0 Å². The van der Waals surface area contributed by atoms with E-state index >= 15 is 0 Å². The van der Waals surface area contributed by atoms with E-state index in [1.165, 1.54) is 0 Å². The molecule has 0 aliphatic carbocycles. The van der Waals surface area contributed by atoms with E-state index in [1.807, 2.05) is 32.0 Å². The lowest BCUT2D eigenvalue weighted by Crippen LogP contribution is -2.21. The topological polar surface area (TPSA) is 63.1 Å². The van der Waals surface area contributed by atoms with E-state index in [1.54, 1.807) is 12.4 Å². The van der Waals surface area contributed by atoms with Gasteiger partial charge in [0.1, 0.15) is 0 Å². The van der Waals surface area contributed by atoms with Crippen molar-refractivity contribution in [1.29, 1.82) is 0 Å². The van der Waals surface area contributed by atoms with Crippen LogP contribution in [0.2, 0.25) is 0 Å². The minimum Gasteiger partial charge on any atom is -0.481 e. The summed E-state index contributed by atoms with van der Waals surface area (Å²) in [6, 6.07) is 5.88. The van der Waals surface area contributed by atoms with Gasteiger partial charge in [-0.05, 0) is 11.6 Å². The van der Waals surface area contributed by atoms with Crippen molar-refractivity contribution < 1.29 is 9.90 Å². The molecule has 0 amide bonds. The molecule has 4 nitrogen and oxygen atoms in total. The standard InChI is InChI=1S/C13H14N2O2/c1-13(2,6-12(16)17)11-4-3-9-7-14-15-8-10(9)5-11/h3-5,7-8H,6H2,1-2H3,(H,16,17). The first-order chi connectivity index (χ1) is 7.99. The van der Waals surface area contributed by atoms with Gasteiger partial charge in [-0.2, -0.15) is 10.2 Å². The molecule has 1 N–H and O–H groups in total. The number of hydrogen-bond donors (Lipinski definition) is 1. The molecule has 0 bridgehead atoms. The molecule has 0 radical (unpaired) electrons. The molecular weight excluding hydrogens is 216 g/mol. The number of nitrogens with zero attached hydrogens (tertiary/aromatic N) is 2. The summed E-state index contributed by atoms with van der Waals surface area (Å²) in [4.78, 5) is 10.8. The molecule has 88 valence electrons. The maximum Gasteiger partial charge on any atom is 0.304 e. The van der Waals surface area contributed by atoms with Gasteiger partial charge in [-0.3, -0.25) is 4.79 Å². The quantitative estimate of drug-likeness (QED) is 0.879. The molecule has 0 saturated heterocycles. The second-order valence-corrected chi connectivity index (χ2v) is 4.79. The minimum absolute atomic E-state index is 0.108. The van der Waals surface area contributed by atoms with Crippen LogP contribution in [0.4, 0.5) is 0 Å². The normalized spacial score (nSPS) is 11.6. The number of carboxylic acids is 1. The van der Waals surface area contributed by atoms with E-state index in [0.717, 1.165) is 16.3 Å². The molecule has 0 aliphatic heterocycles. The van der Waals surface area contributed by atoms with E-state index in [2.05, 4.69) is 10.2 Å². The van der Waals surface area contributed by atoms with Gasteiger partial charge in [0.15, 0.2) is 0 Å². The smallest absolute Gasteiger partial charge is 0.304 e. The number of aliphatic carboxylic acids is 1. The molecule has 4 heteroatoms. The summed E-state index contributed by atoms with van der Waals surface area (Å²) in [6.07, 6.45) is 3.50. The van der Waals surface area contributed by atoms with Crippen LogP contribution in [0.25, 0.3) is 10.8 Å². The number of carbonyl (C=O) groups is 1. The third-order valence-electron chi connectivity index (χ3n) is 2.92. The number of rotatable bonds is 3. The molecule has 0 atom stereocenters. The molecular formula is C13H14N2O2. The van der Waals surface area contributed by atoms with Crippen molar-refractivity contribution in [3.8, 4) is 0 Å². The van der Waals surface area contributed by atoms with Gasteiger partial charge in [0.05, 0.1) is 18.8 Å². The first kappa shape index (κ1) is 11.5. The average molecular weight is 230 g/mol. The summed E-state index contributed by atoms with van der Waals surface area (Å²) in [5.74, 6) is -0.789. The van der Waals surface area contributed by atoms with E-state index in [0.29, 0.717) is 0 Å². The number of carboxylic acid groups (broad SMARTS) is 1. The van der Waals surface area contributed by atoms with Crippen molar-refractivity contribution in [2.24, 2.45) is 0 Å². The first-order valence-electron chi connectivity index (χ1n) is 5.42. The van der Waals surface area contributed by atoms with E-state index in [9.17, 15) is 4.79 Å². The highest BCUT2D eigenvalue weighted by Crippen LogP contribution is 2.29. The van der Waals surface area contributed by atoms with Crippen LogP contribution >= 0.6 is 0 Å². The second kappa shape index (κ2) is 4.13. The first-order valence-corrected chi connectivity index (χ1v) is 5.42. The molecule has 1 aromatic heterocycles. The highest BCUT2D eigenvalue weighted by molar-refractivity contribution is 5.81. The maximum atomic E-state index is 10.8. The van der Waals surface area contributed by atoms with Crippen LogP contribution in [-0.4, -0.2) is 21.3 Å². The van der Waals surface area contributed by atoms with Crippen molar-refractivity contribution in [1.82, 2.24) is 10.2 Å². The SMILES string of the molecule is CC(C)(CC(=O)O)c1ccc2cnncc2c1. The molecule has 1 heterocycles. The summed E-state index contributed by atoms with van der Waals surface area (Å²) < 4.78 is 0. The highest BCUT2D eigenvalue weighted by atomic mass is 16.4. The Bertz CT molecular complexity index is 564. The molecule has 0 unspecified atom stereocenters. The van der Waals surface area contributed by atoms with Crippen molar-refractivity contribution in [2.45, 2.75) is 25.7 Å². The van der Waals surface area contributed by atoms with E-state index < -0.39 is 5.97 Å². The van der Waals surface area contributed by atoms with Crippen molar-refractivity contribution >= 4 is 16.7 Å². The van der Waals surface area contributed by atoms with Gasteiger partial charge in [0.2, 0.25) is 0 Å². The predicted octanol–water partition coefficient (Wildman–Crippen LogP) is 2.38. The fourth-order valence-corrected chi connectivity index (χ4v) is 1.90. The largest absolute Gasteiger partial charge is 0.481 e. The van der Waals surface area contributed by atoms with Crippen LogP contribution in [-0.2, 0) is 10.2 Å². The average Bonchev–Trinajstić information content (AvgIpc) is 2.26. The molecule has 0 saturated carbocycles. The van der Waals surface area contributed by atoms with Gasteiger partial charge in [0.25, 0.3) is 0 Å². The molecule has 2 rings (SSSR count). The number of aromatic nitrogens is 2. The molecule has 0 spiro atoms. The Morgan fingerprint density at radius 2 is 1.88 bits per heavy atom. The van der Waals surface area contributed by atoms with Gasteiger partial charge in [-0.15, -0.1) is 0 Å². The third kappa shape index (κ3) is 2.41. The maximum absolute atomic E-state index is 10.8. The van der Waals surface area contributed by atoms with Gasteiger partial charge in [-0.25, -0.2) is 0 Å². The lowest BCUT2D eigenvalue weighted by Gasteiger charge is -2.23. The summed E-state index contributed by atoms with van der Waals surface area (Å²) in [7, 11) is 0. The third-order valence-corrected chi connectivity index (χ3v) is 2.92. The second-order valence-electron chi connectivity index (χ2n) is 4.79. The lowest BCUT2D eigenvalue weighted by atomic mass is 9.81. The molecule has 1 aromatic carbocycles. The lowest BCUT2D eigenvalue weighted by molar-refractivity contribution is -0.138. The zero-order valence-electron chi connectivity index (χ0n) is 9.84. The Morgan fingerprint density at radius 3 is 2.53 bits per heavy atom. The number of fused-ring (bicyclic) bond motifs is 1. The van der Waals surface area contributed by atoms with Gasteiger partial charge >= 0.3 is 5.97 Å². The van der Waals surface area contributed by atoms with Crippen LogP contribution in [0.3, 0.4) is 0 Å². The molecule has 0 aliphatic rings. The molecule has 17 heavy (non-hydrogen) atoms. The Labute approximate surface area is 99.3 Å². The summed E-state index contributed by atoms with van der Waals surface area (Å²) in [6.45, 7) is 3.85. The Kier molecular flexibility index (Phi) is 2.79. The minimum atomic E-state index is -0.789. The number of benzene rings is 1. The zero-order valence-corrected chi connectivity index (χ0v) is 9.84. The summed E-state index contributed by atoms with van der Waals surface area (Å²) in [5, 5.41) is 18.5. The van der Waals surface area contributed by atoms with Crippen molar-refractivity contribution in [3.05, 3.63) is 36.2 Å². The summed E-state index contributed by atoms with van der Waals surface area (Å²) >= 11 is 0. The van der Waals surface area contributed by atoms with Crippen molar-refractivity contribution in [2.75, 3.05) is 0 Å². The zero-order chi connectivity index (χ0) is 12.5. The fraction of sp³-hybridized carbons (Fsp3) is 0.308. The van der Waals surface area contributed by atoms with Gasteiger partial charge in [0, 0.05) is 16.2 Å². The number of hydrogen-bond acceptors (Lipinski definition) is 3. The van der Waals surface area contributed by atoms with Crippen molar-refractivity contribution in [3.63, 3.8) is 0 Å². The predicted molar refractivity (Wildman–Crippen MR) is 64.8 cm³/mol. The molecule has 0 fully saturated rings. The Balaban J connectivity index is 2.45.